The Hall–Kier alpha value is -1.62. The van der Waals surface area contributed by atoms with Crippen molar-refractivity contribution in [1.82, 2.24) is 4.90 Å². The molecule has 24 heavy (non-hydrogen) atoms. The molecule has 0 spiro atoms. The van der Waals surface area contributed by atoms with E-state index in [2.05, 4.69) is 27.7 Å². The minimum atomic E-state index is -0.803. The third-order valence-corrected chi connectivity index (χ3v) is 4.16. The number of amides is 1. The van der Waals surface area contributed by atoms with E-state index in [1.54, 1.807) is 6.07 Å². The molecule has 0 saturated heterocycles. The quantitative estimate of drug-likeness (QED) is 0.528. The van der Waals surface area contributed by atoms with E-state index in [0.717, 1.165) is 0 Å². The molecular weight excluding hydrogens is 328 g/mol. The molecule has 1 amide bonds. The molecule has 0 aliphatic carbocycles. The van der Waals surface area contributed by atoms with Crippen molar-refractivity contribution < 1.29 is 9.72 Å². The van der Waals surface area contributed by atoms with Gasteiger partial charge in [0.25, 0.3) is 5.69 Å². The first-order valence-electron chi connectivity index (χ1n) is 8.20. The molecule has 0 fully saturated rings. The lowest BCUT2D eigenvalue weighted by Gasteiger charge is -2.34. The number of nitrogens with zero attached hydrogens (tertiary/aromatic N) is 2. The number of hydrogen-bond acceptors (Lipinski definition) is 3. The second kappa shape index (κ2) is 7.97. The average Bonchev–Trinajstić information content (AvgIpc) is 2.44. The maximum absolute atomic E-state index is 13.1. The van der Waals surface area contributed by atoms with Gasteiger partial charge in [-0.15, -0.1) is 0 Å². The topological polar surface area (TPSA) is 63.5 Å². The second-order valence-electron chi connectivity index (χ2n) is 7.55. The van der Waals surface area contributed by atoms with Gasteiger partial charge in [0.2, 0.25) is 5.91 Å². The van der Waals surface area contributed by atoms with E-state index in [9.17, 15) is 14.9 Å². The van der Waals surface area contributed by atoms with Crippen LogP contribution in [0.4, 0.5) is 5.69 Å². The summed E-state index contributed by atoms with van der Waals surface area (Å²) in [7, 11) is 0. The fourth-order valence-corrected chi connectivity index (χ4v) is 2.93. The van der Waals surface area contributed by atoms with Gasteiger partial charge in [0.15, 0.2) is 0 Å². The molecule has 134 valence electrons. The molecule has 6 heteroatoms. The number of hydrogen-bond donors (Lipinski definition) is 0. The molecule has 5 nitrogen and oxygen atoms in total. The lowest BCUT2D eigenvalue weighted by molar-refractivity contribution is -0.384. The minimum Gasteiger partial charge on any atom is -0.341 e. The van der Waals surface area contributed by atoms with Crippen LogP contribution in [0, 0.1) is 22.0 Å². The molecular formula is C18H27ClN2O3. The summed E-state index contributed by atoms with van der Waals surface area (Å²) in [6.45, 7) is 13.3. The summed E-state index contributed by atoms with van der Waals surface area (Å²) in [5, 5.41) is 11.0. The second-order valence-corrected chi connectivity index (χ2v) is 7.95. The van der Waals surface area contributed by atoms with Gasteiger partial charge in [-0.2, -0.15) is 0 Å². The Morgan fingerprint density at radius 3 is 2.08 bits per heavy atom. The fourth-order valence-electron chi connectivity index (χ4n) is 2.68. The van der Waals surface area contributed by atoms with Crippen molar-refractivity contribution in [1.29, 1.82) is 0 Å². The Kier molecular flexibility index (Phi) is 6.78. The summed E-state index contributed by atoms with van der Waals surface area (Å²) in [6, 6.07) is 4.51. The van der Waals surface area contributed by atoms with Crippen LogP contribution in [0.5, 0.6) is 0 Å². The minimum absolute atomic E-state index is 0.00909. The predicted octanol–water partition coefficient (Wildman–Crippen LogP) is 4.67. The third kappa shape index (κ3) is 4.94. The smallest absolute Gasteiger partial charge is 0.287 e. The van der Waals surface area contributed by atoms with Gasteiger partial charge >= 0.3 is 0 Å². The van der Waals surface area contributed by atoms with E-state index in [-0.39, 0.29) is 16.6 Å². The maximum Gasteiger partial charge on any atom is 0.287 e. The number of nitro groups is 1. The molecule has 1 rings (SSSR count). The number of nitro benzene ring substituents is 1. The summed E-state index contributed by atoms with van der Waals surface area (Å²) >= 11 is 6.02. The lowest BCUT2D eigenvalue weighted by atomic mass is 9.82. The van der Waals surface area contributed by atoms with Crippen LogP contribution in [0.1, 0.15) is 47.1 Å². The summed E-state index contributed by atoms with van der Waals surface area (Å²) in [5.41, 5.74) is -0.270. The van der Waals surface area contributed by atoms with E-state index >= 15 is 0 Å². The molecule has 0 N–H and O–H groups in total. The van der Waals surface area contributed by atoms with Crippen LogP contribution in [-0.4, -0.2) is 28.8 Å². The van der Waals surface area contributed by atoms with Crippen LogP contribution in [0.15, 0.2) is 18.2 Å². The Morgan fingerprint density at radius 2 is 1.71 bits per heavy atom. The molecule has 0 radical (unpaired) electrons. The Bertz CT molecular complexity index is 602. The van der Waals surface area contributed by atoms with Crippen molar-refractivity contribution in [3.63, 3.8) is 0 Å². The third-order valence-electron chi connectivity index (χ3n) is 3.86. The summed E-state index contributed by atoms with van der Waals surface area (Å²) in [4.78, 5) is 25.4. The van der Waals surface area contributed by atoms with Gasteiger partial charge in [-0.1, -0.05) is 45.4 Å². The molecule has 0 aromatic heterocycles. The Balaban J connectivity index is 3.17. The molecule has 0 atom stereocenters. The molecule has 1 aromatic carbocycles. The standard InChI is InChI=1S/C18H27ClN2O3/c1-12(2)10-20(11-13(3)4)17(22)18(5,6)14-7-8-16(21(23)24)15(19)9-14/h7-9,12-13H,10-11H2,1-6H3. The largest absolute Gasteiger partial charge is 0.341 e. The van der Waals surface area contributed by atoms with E-state index in [1.165, 1.54) is 12.1 Å². The highest BCUT2D eigenvalue weighted by atomic mass is 35.5. The lowest BCUT2D eigenvalue weighted by Crippen LogP contribution is -2.46. The molecule has 0 aliphatic heterocycles. The van der Waals surface area contributed by atoms with Gasteiger partial charge in [0.1, 0.15) is 5.02 Å². The number of rotatable bonds is 7. The normalized spacial score (nSPS) is 11.9. The van der Waals surface area contributed by atoms with Crippen molar-refractivity contribution in [2.24, 2.45) is 11.8 Å². The SMILES string of the molecule is CC(C)CN(CC(C)C)C(=O)C(C)(C)c1ccc([N+](=O)[O-])c(Cl)c1. The molecule has 0 unspecified atom stereocenters. The first-order chi connectivity index (χ1) is 11.0. The van der Waals surface area contributed by atoms with Crippen LogP contribution in [0.2, 0.25) is 5.02 Å². The monoisotopic (exact) mass is 354 g/mol. The van der Waals surface area contributed by atoms with E-state index in [4.69, 9.17) is 11.6 Å². The van der Waals surface area contributed by atoms with Crippen molar-refractivity contribution in [2.75, 3.05) is 13.1 Å². The number of halogens is 1. The van der Waals surface area contributed by atoms with Gasteiger partial charge in [0.05, 0.1) is 10.3 Å². The van der Waals surface area contributed by atoms with Crippen LogP contribution >= 0.6 is 11.6 Å². The predicted molar refractivity (Wildman–Crippen MR) is 97.4 cm³/mol. The zero-order chi connectivity index (χ0) is 18.7. The van der Waals surface area contributed by atoms with Crippen LogP contribution in [-0.2, 0) is 10.2 Å². The molecule has 0 aliphatic rings. The van der Waals surface area contributed by atoms with E-state index in [1.807, 2.05) is 18.7 Å². The van der Waals surface area contributed by atoms with Crippen molar-refractivity contribution in [3.05, 3.63) is 38.9 Å². The Morgan fingerprint density at radius 1 is 1.21 bits per heavy atom. The highest BCUT2D eigenvalue weighted by molar-refractivity contribution is 6.32. The van der Waals surface area contributed by atoms with Crippen molar-refractivity contribution in [2.45, 2.75) is 47.0 Å². The fraction of sp³-hybridized carbons (Fsp3) is 0.611. The van der Waals surface area contributed by atoms with E-state index in [0.29, 0.717) is 30.5 Å². The molecule has 0 saturated carbocycles. The Labute approximate surface area is 149 Å². The highest BCUT2D eigenvalue weighted by Crippen LogP contribution is 2.32. The molecule has 1 aromatic rings. The summed E-state index contributed by atoms with van der Waals surface area (Å²) in [6.07, 6.45) is 0. The van der Waals surface area contributed by atoms with Crippen LogP contribution in [0.3, 0.4) is 0 Å². The van der Waals surface area contributed by atoms with Crippen molar-refractivity contribution in [3.8, 4) is 0 Å². The zero-order valence-electron chi connectivity index (χ0n) is 15.3. The van der Waals surface area contributed by atoms with Gasteiger partial charge in [-0.3, -0.25) is 14.9 Å². The van der Waals surface area contributed by atoms with Gasteiger partial charge in [-0.05, 0) is 37.3 Å². The maximum atomic E-state index is 13.1. The van der Waals surface area contributed by atoms with Crippen LogP contribution in [0.25, 0.3) is 0 Å². The van der Waals surface area contributed by atoms with E-state index < -0.39 is 10.3 Å². The number of benzene rings is 1. The highest BCUT2D eigenvalue weighted by Gasteiger charge is 2.35. The van der Waals surface area contributed by atoms with Crippen molar-refractivity contribution >= 4 is 23.2 Å². The zero-order valence-corrected chi connectivity index (χ0v) is 16.1. The molecule has 0 heterocycles. The van der Waals surface area contributed by atoms with Crippen LogP contribution < -0.4 is 0 Å². The average molecular weight is 355 g/mol. The van der Waals surface area contributed by atoms with Gasteiger partial charge in [-0.25, -0.2) is 0 Å². The van der Waals surface area contributed by atoms with Gasteiger partial charge in [0, 0.05) is 19.2 Å². The first-order valence-corrected chi connectivity index (χ1v) is 8.58. The number of carbonyl (C=O) groups excluding carboxylic acids is 1. The summed E-state index contributed by atoms with van der Waals surface area (Å²) < 4.78 is 0. The number of carbonyl (C=O) groups is 1. The first kappa shape index (κ1) is 20.4. The molecule has 0 bridgehead atoms. The summed E-state index contributed by atoms with van der Waals surface area (Å²) in [5.74, 6) is 0.739. The van der Waals surface area contributed by atoms with Gasteiger partial charge < -0.3 is 4.90 Å².